The summed E-state index contributed by atoms with van der Waals surface area (Å²) in [5, 5.41) is 10.3. The normalized spacial score (nSPS) is 11.5. The number of aromatic nitrogens is 1. The highest BCUT2D eigenvalue weighted by Gasteiger charge is 2.22. The highest BCUT2D eigenvalue weighted by atomic mass is 35.5. The molecular formula is C15H11ClN2O4S. The van der Waals surface area contributed by atoms with E-state index in [0.717, 1.165) is 0 Å². The standard InChI is InChI=1S/C15H11ClN2O4S/c16-11-8-17-14-9(11)5-3-6-12(14)18-23(21,22)13-7-2-1-4-10(13)15(19)20/h1-8,17-18H,(H,19,20). The van der Waals surface area contributed by atoms with Gasteiger partial charge in [0.1, 0.15) is 4.90 Å². The Morgan fingerprint density at radius 1 is 1.13 bits per heavy atom. The SMILES string of the molecule is O=C(O)c1ccccc1S(=O)(=O)Nc1cccc2c(Cl)c[nH]c12. The van der Waals surface area contributed by atoms with Crippen LogP contribution in [0.25, 0.3) is 10.9 Å². The van der Waals surface area contributed by atoms with Crippen LogP contribution in [0.1, 0.15) is 10.4 Å². The lowest BCUT2D eigenvalue weighted by atomic mass is 10.2. The third kappa shape index (κ3) is 2.76. The summed E-state index contributed by atoms with van der Waals surface area (Å²) >= 11 is 6.01. The van der Waals surface area contributed by atoms with Gasteiger partial charge in [-0.2, -0.15) is 0 Å². The number of aromatic amines is 1. The molecular weight excluding hydrogens is 340 g/mol. The van der Waals surface area contributed by atoms with Gasteiger partial charge in [-0.25, -0.2) is 13.2 Å². The number of para-hydroxylation sites is 1. The third-order valence-electron chi connectivity index (χ3n) is 3.32. The summed E-state index contributed by atoms with van der Waals surface area (Å²) in [5.41, 5.74) is 0.514. The van der Waals surface area contributed by atoms with Crippen molar-refractivity contribution >= 4 is 44.2 Å². The van der Waals surface area contributed by atoms with Crippen LogP contribution in [0.2, 0.25) is 5.02 Å². The van der Waals surface area contributed by atoms with Crippen LogP contribution in [0.4, 0.5) is 5.69 Å². The molecule has 0 amide bonds. The molecule has 3 N–H and O–H groups in total. The van der Waals surface area contributed by atoms with Crippen molar-refractivity contribution in [2.75, 3.05) is 4.72 Å². The van der Waals surface area contributed by atoms with Crippen molar-refractivity contribution in [3.05, 3.63) is 59.2 Å². The van der Waals surface area contributed by atoms with Crippen LogP contribution in [0.5, 0.6) is 0 Å². The van der Waals surface area contributed by atoms with Crippen LogP contribution >= 0.6 is 11.6 Å². The molecule has 0 spiro atoms. The molecule has 1 aromatic heterocycles. The molecule has 0 fully saturated rings. The van der Waals surface area contributed by atoms with E-state index in [1.54, 1.807) is 24.4 Å². The Balaban J connectivity index is 2.10. The number of hydrogen-bond acceptors (Lipinski definition) is 3. The number of sulfonamides is 1. The molecule has 0 aliphatic carbocycles. The molecule has 8 heteroatoms. The lowest BCUT2D eigenvalue weighted by molar-refractivity contribution is 0.0692. The van der Waals surface area contributed by atoms with Gasteiger partial charge in [-0.15, -0.1) is 0 Å². The van der Waals surface area contributed by atoms with E-state index in [1.807, 2.05) is 0 Å². The van der Waals surface area contributed by atoms with Crippen molar-refractivity contribution in [3.8, 4) is 0 Å². The summed E-state index contributed by atoms with van der Waals surface area (Å²) < 4.78 is 27.5. The molecule has 0 aliphatic heterocycles. The highest BCUT2D eigenvalue weighted by molar-refractivity contribution is 7.92. The van der Waals surface area contributed by atoms with E-state index in [9.17, 15) is 13.2 Å². The number of hydrogen-bond donors (Lipinski definition) is 3. The van der Waals surface area contributed by atoms with Gasteiger partial charge in [0.05, 0.1) is 21.8 Å². The number of benzene rings is 2. The zero-order valence-electron chi connectivity index (χ0n) is 11.6. The predicted octanol–water partition coefficient (Wildman–Crippen LogP) is 3.32. The number of rotatable bonds is 4. The fourth-order valence-electron chi connectivity index (χ4n) is 2.28. The Kier molecular flexibility index (Phi) is 3.75. The highest BCUT2D eigenvalue weighted by Crippen LogP contribution is 2.30. The molecule has 6 nitrogen and oxygen atoms in total. The molecule has 3 aromatic rings. The van der Waals surface area contributed by atoms with Crippen LogP contribution in [-0.2, 0) is 10.0 Å². The van der Waals surface area contributed by atoms with Crippen LogP contribution < -0.4 is 4.72 Å². The summed E-state index contributed by atoms with van der Waals surface area (Å²) in [4.78, 5) is 13.8. The van der Waals surface area contributed by atoms with E-state index < -0.39 is 16.0 Å². The molecule has 0 atom stereocenters. The van der Waals surface area contributed by atoms with Gasteiger partial charge >= 0.3 is 5.97 Å². The number of carboxylic acid groups (broad SMARTS) is 1. The van der Waals surface area contributed by atoms with Crippen LogP contribution in [-0.4, -0.2) is 24.5 Å². The Morgan fingerprint density at radius 3 is 2.61 bits per heavy atom. The largest absolute Gasteiger partial charge is 0.478 e. The number of halogens is 1. The Morgan fingerprint density at radius 2 is 1.87 bits per heavy atom. The van der Waals surface area contributed by atoms with E-state index in [-0.39, 0.29) is 16.1 Å². The monoisotopic (exact) mass is 350 g/mol. The maximum absolute atomic E-state index is 12.6. The first-order valence-electron chi connectivity index (χ1n) is 6.51. The first-order valence-corrected chi connectivity index (χ1v) is 8.37. The summed E-state index contributed by atoms with van der Waals surface area (Å²) in [7, 11) is -4.07. The maximum Gasteiger partial charge on any atom is 0.337 e. The average Bonchev–Trinajstić information content (AvgIpc) is 2.90. The van der Waals surface area contributed by atoms with Gasteiger partial charge in [0.15, 0.2) is 0 Å². The van der Waals surface area contributed by atoms with Gasteiger partial charge in [-0.05, 0) is 18.2 Å². The van der Waals surface area contributed by atoms with E-state index >= 15 is 0 Å². The summed E-state index contributed by atoms with van der Waals surface area (Å²) in [6.45, 7) is 0. The van der Waals surface area contributed by atoms with Crippen LogP contribution in [0, 0.1) is 0 Å². The second-order valence-corrected chi connectivity index (χ2v) is 6.83. The minimum absolute atomic E-state index is 0.287. The van der Waals surface area contributed by atoms with Gasteiger partial charge in [-0.1, -0.05) is 35.9 Å². The number of carbonyl (C=O) groups is 1. The van der Waals surface area contributed by atoms with Crippen molar-refractivity contribution in [2.45, 2.75) is 4.90 Å². The number of nitrogens with one attached hydrogen (secondary N) is 2. The average molecular weight is 351 g/mol. The van der Waals surface area contributed by atoms with Crippen LogP contribution in [0.3, 0.4) is 0 Å². The number of H-pyrrole nitrogens is 1. The van der Waals surface area contributed by atoms with E-state index in [4.69, 9.17) is 16.7 Å². The van der Waals surface area contributed by atoms with E-state index in [1.165, 1.54) is 24.3 Å². The molecule has 0 saturated heterocycles. The number of aromatic carboxylic acids is 1. The van der Waals surface area contributed by atoms with Crippen molar-refractivity contribution in [3.63, 3.8) is 0 Å². The maximum atomic E-state index is 12.6. The van der Waals surface area contributed by atoms with E-state index in [2.05, 4.69) is 9.71 Å². The summed E-state index contributed by atoms with van der Waals surface area (Å²) in [6, 6.07) is 10.4. The lowest BCUT2D eigenvalue weighted by Gasteiger charge is -2.11. The van der Waals surface area contributed by atoms with Crippen LogP contribution in [0.15, 0.2) is 53.6 Å². The van der Waals surface area contributed by atoms with E-state index in [0.29, 0.717) is 15.9 Å². The molecule has 0 saturated carbocycles. The molecule has 3 rings (SSSR count). The Bertz CT molecular complexity index is 1010. The summed E-state index contributed by atoms with van der Waals surface area (Å²) in [6.07, 6.45) is 1.55. The molecule has 0 aliphatic rings. The first kappa shape index (κ1) is 15.4. The van der Waals surface area contributed by atoms with Crippen molar-refractivity contribution in [1.82, 2.24) is 4.98 Å². The minimum Gasteiger partial charge on any atom is -0.478 e. The zero-order chi connectivity index (χ0) is 16.6. The van der Waals surface area contributed by atoms with Gasteiger partial charge in [0, 0.05) is 11.6 Å². The fraction of sp³-hybridized carbons (Fsp3) is 0. The van der Waals surface area contributed by atoms with Crippen molar-refractivity contribution < 1.29 is 18.3 Å². The molecule has 0 radical (unpaired) electrons. The lowest BCUT2D eigenvalue weighted by Crippen LogP contribution is -2.17. The van der Waals surface area contributed by atoms with Crippen molar-refractivity contribution in [2.24, 2.45) is 0 Å². The molecule has 2 aromatic carbocycles. The quantitative estimate of drug-likeness (QED) is 0.672. The number of anilines is 1. The molecule has 23 heavy (non-hydrogen) atoms. The number of carboxylic acids is 1. The Hall–Kier alpha value is -2.51. The molecule has 0 unspecified atom stereocenters. The predicted molar refractivity (Wildman–Crippen MR) is 87.5 cm³/mol. The van der Waals surface area contributed by atoms with Gasteiger partial charge in [0.25, 0.3) is 10.0 Å². The van der Waals surface area contributed by atoms with Gasteiger partial charge in [0.2, 0.25) is 0 Å². The fourth-order valence-corrected chi connectivity index (χ4v) is 3.77. The molecule has 118 valence electrons. The first-order chi connectivity index (χ1) is 10.9. The topological polar surface area (TPSA) is 99.3 Å². The number of fused-ring (bicyclic) bond motifs is 1. The van der Waals surface area contributed by atoms with Gasteiger partial charge < -0.3 is 10.1 Å². The minimum atomic E-state index is -4.07. The Labute approximate surface area is 136 Å². The summed E-state index contributed by atoms with van der Waals surface area (Å²) in [5.74, 6) is -1.31. The molecule has 0 bridgehead atoms. The smallest absolute Gasteiger partial charge is 0.337 e. The van der Waals surface area contributed by atoms with Gasteiger partial charge in [-0.3, -0.25) is 4.72 Å². The molecule has 1 heterocycles. The third-order valence-corrected chi connectivity index (χ3v) is 5.05. The zero-order valence-corrected chi connectivity index (χ0v) is 13.1. The van der Waals surface area contributed by atoms with Crippen molar-refractivity contribution in [1.29, 1.82) is 0 Å². The second kappa shape index (κ2) is 5.60. The second-order valence-electron chi connectivity index (χ2n) is 4.77.